The monoisotopic (exact) mass is 312 g/mol. The van der Waals surface area contributed by atoms with Gasteiger partial charge in [0.25, 0.3) is 0 Å². The van der Waals surface area contributed by atoms with E-state index in [1.807, 2.05) is 6.92 Å². The van der Waals surface area contributed by atoms with Gasteiger partial charge in [0, 0.05) is 0 Å². The third-order valence-electron chi connectivity index (χ3n) is 4.66. The molecule has 0 N–H and O–H groups in total. The summed E-state index contributed by atoms with van der Waals surface area (Å²) < 4.78 is 4.79. The molecule has 2 heteroatoms. The molecule has 0 saturated carbocycles. The van der Waals surface area contributed by atoms with Crippen LogP contribution >= 0.6 is 0 Å². The van der Waals surface area contributed by atoms with Crippen LogP contribution in [0.1, 0.15) is 104 Å². The van der Waals surface area contributed by atoms with Crippen molar-refractivity contribution in [2.45, 2.75) is 104 Å². The number of hydrogen-bond acceptors (Lipinski definition) is 2. The first kappa shape index (κ1) is 21.5. The zero-order valence-electron chi connectivity index (χ0n) is 15.7. The van der Waals surface area contributed by atoms with Gasteiger partial charge in [0.05, 0.1) is 13.0 Å². The fraction of sp³-hybridized carbons (Fsp3) is 0.950. The van der Waals surface area contributed by atoms with Gasteiger partial charge in [-0.05, 0) is 12.3 Å². The molecule has 0 aliphatic heterocycles. The van der Waals surface area contributed by atoms with E-state index in [-0.39, 0.29) is 11.9 Å². The Kier molecular flexibility index (Phi) is 15.0. The zero-order chi connectivity index (χ0) is 16.6. The van der Waals surface area contributed by atoms with E-state index < -0.39 is 0 Å². The number of carbonyl (C=O) groups is 1. The van der Waals surface area contributed by atoms with Crippen molar-refractivity contribution < 1.29 is 9.53 Å². The van der Waals surface area contributed by atoms with Gasteiger partial charge in [-0.25, -0.2) is 0 Å². The molecule has 2 nitrogen and oxygen atoms in total. The van der Waals surface area contributed by atoms with Crippen LogP contribution in [0.2, 0.25) is 0 Å². The molecular weight excluding hydrogens is 272 g/mol. The maximum Gasteiger partial charge on any atom is 0.308 e. The molecule has 0 aromatic heterocycles. The van der Waals surface area contributed by atoms with Gasteiger partial charge in [-0.1, -0.05) is 97.8 Å². The molecule has 0 spiro atoms. The molecule has 0 aromatic rings. The van der Waals surface area contributed by atoms with E-state index in [1.54, 1.807) is 0 Å². The first-order chi connectivity index (χ1) is 10.6. The van der Waals surface area contributed by atoms with Gasteiger partial charge in [0.15, 0.2) is 0 Å². The van der Waals surface area contributed by atoms with Crippen LogP contribution in [0.5, 0.6) is 0 Å². The highest BCUT2D eigenvalue weighted by atomic mass is 16.5. The number of rotatable bonds is 15. The molecule has 2 atom stereocenters. The van der Waals surface area contributed by atoms with Crippen LogP contribution in [-0.2, 0) is 9.53 Å². The molecule has 0 bridgehead atoms. The van der Waals surface area contributed by atoms with Crippen LogP contribution < -0.4 is 0 Å². The minimum atomic E-state index is -0.0641. The lowest BCUT2D eigenvalue weighted by Crippen LogP contribution is -2.15. The summed E-state index contributed by atoms with van der Waals surface area (Å²) in [6, 6.07) is 0. The molecule has 0 aliphatic carbocycles. The van der Waals surface area contributed by atoms with Crippen molar-refractivity contribution in [3.8, 4) is 0 Å². The number of hydrogen-bond donors (Lipinski definition) is 0. The first-order valence-corrected chi connectivity index (χ1v) is 9.69. The van der Waals surface area contributed by atoms with Gasteiger partial charge < -0.3 is 4.74 Å². The standard InChI is InChI=1S/C20H40O2/c1-5-6-7-8-9-10-11-12-13-14-15-16-18(2)17-19(3)20(21)22-4/h18-19H,5-17H2,1-4H3/t18-,19-/m0/s1. The molecule has 0 unspecified atom stereocenters. The van der Waals surface area contributed by atoms with E-state index in [0.717, 1.165) is 6.42 Å². The quantitative estimate of drug-likeness (QED) is 0.254. The summed E-state index contributed by atoms with van der Waals surface area (Å²) in [4.78, 5) is 11.4. The lowest BCUT2D eigenvalue weighted by atomic mass is 9.92. The van der Waals surface area contributed by atoms with E-state index in [2.05, 4.69) is 13.8 Å². The highest BCUT2D eigenvalue weighted by Crippen LogP contribution is 2.20. The lowest BCUT2D eigenvalue weighted by molar-refractivity contribution is -0.145. The molecular formula is C20H40O2. The van der Waals surface area contributed by atoms with Gasteiger partial charge >= 0.3 is 5.97 Å². The summed E-state index contributed by atoms with van der Waals surface area (Å²) in [5, 5.41) is 0. The number of unbranched alkanes of at least 4 members (excludes halogenated alkanes) is 10. The SMILES string of the molecule is CCCCCCCCCCCCC[C@H](C)C[C@H](C)C(=O)OC. The fourth-order valence-corrected chi connectivity index (χ4v) is 3.18. The summed E-state index contributed by atoms with van der Waals surface area (Å²) in [6.07, 6.45) is 17.6. The van der Waals surface area contributed by atoms with Crippen molar-refractivity contribution in [2.75, 3.05) is 7.11 Å². The maximum atomic E-state index is 11.4. The van der Waals surface area contributed by atoms with E-state index in [4.69, 9.17) is 4.74 Å². The average Bonchev–Trinajstić information content (AvgIpc) is 2.51. The van der Waals surface area contributed by atoms with Gasteiger partial charge in [-0.3, -0.25) is 4.79 Å². The average molecular weight is 313 g/mol. The second-order valence-electron chi connectivity index (χ2n) is 7.09. The molecule has 132 valence electrons. The van der Waals surface area contributed by atoms with Crippen molar-refractivity contribution >= 4 is 5.97 Å². The minimum Gasteiger partial charge on any atom is -0.469 e. The normalized spacial score (nSPS) is 13.8. The summed E-state index contributed by atoms with van der Waals surface area (Å²) in [5.74, 6) is 0.617. The molecule has 0 radical (unpaired) electrons. The molecule has 0 fully saturated rings. The molecule has 0 aromatic carbocycles. The highest BCUT2D eigenvalue weighted by Gasteiger charge is 2.16. The smallest absolute Gasteiger partial charge is 0.308 e. The molecule has 0 aliphatic rings. The van der Waals surface area contributed by atoms with E-state index in [9.17, 15) is 4.79 Å². The van der Waals surface area contributed by atoms with Crippen LogP contribution in [0.3, 0.4) is 0 Å². The summed E-state index contributed by atoms with van der Waals surface area (Å²) in [5.41, 5.74) is 0. The fourth-order valence-electron chi connectivity index (χ4n) is 3.18. The second-order valence-corrected chi connectivity index (χ2v) is 7.09. The Morgan fingerprint density at radius 2 is 1.27 bits per heavy atom. The van der Waals surface area contributed by atoms with E-state index in [0.29, 0.717) is 5.92 Å². The largest absolute Gasteiger partial charge is 0.469 e. The number of esters is 1. The van der Waals surface area contributed by atoms with Crippen LogP contribution in [0.25, 0.3) is 0 Å². The zero-order valence-corrected chi connectivity index (χ0v) is 15.7. The van der Waals surface area contributed by atoms with Gasteiger partial charge in [0.1, 0.15) is 0 Å². The van der Waals surface area contributed by atoms with E-state index in [1.165, 1.54) is 84.2 Å². The van der Waals surface area contributed by atoms with Crippen molar-refractivity contribution in [1.82, 2.24) is 0 Å². The number of carbonyl (C=O) groups excluding carboxylic acids is 1. The predicted octanol–water partition coefficient (Wildman–Crippen LogP) is 6.52. The van der Waals surface area contributed by atoms with Crippen molar-refractivity contribution in [2.24, 2.45) is 11.8 Å². The van der Waals surface area contributed by atoms with Crippen molar-refractivity contribution in [3.63, 3.8) is 0 Å². The Morgan fingerprint density at radius 3 is 1.73 bits per heavy atom. The first-order valence-electron chi connectivity index (χ1n) is 9.69. The molecule has 0 amide bonds. The number of methoxy groups -OCH3 is 1. The Balaban J connectivity index is 3.30. The van der Waals surface area contributed by atoms with Crippen molar-refractivity contribution in [1.29, 1.82) is 0 Å². The Morgan fingerprint density at radius 1 is 0.818 bits per heavy atom. The van der Waals surface area contributed by atoms with Gasteiger partial charge in [-0.15, -0.1) is 0 Å². The van der Waals surface area contributed by atoms with Gasteiger partial charge in [0.2, 0.25) is 0 Å². The van der Waals surface area contributed by atoms with Crippen LogP contribution in [0.15, 0.2) is 0 Å². The Bertz CT molecular complexity index is 250. The minimum absolute atomic E-state index is 0.0488. The van der Waals surface area contributed by atoms with Crippen molar-refractivity contribution in [3.05, 3.63) is 0 Å². The third kappa shape index (κ3) is 13.2. The predicted molar refractivity (Wildman–Crippen MR) is 96.0 cm³/mol. The van der Waals surface area contributed by atoms with Gasteiger partial charge in [-0.2, -0.15) is 0 Å². The molecule has 0 rings (SSSR count). The molecule has 0 saturated heterocycles. The Hall–Kier alpha value is -0.530. The summed E-state index contributed by atoms with van der Waals surface area (Å²) in [7, 11) is 1.48. The van der Waals surface area contributed by atoms with Crippen LogP contribution in [0.4, 0.5) is 0 Å². The lowest BCUT2D eigenvalue weighted by Gasteiger charge is -2.15. The maximum absolute atomic E-state index is 11.4. The highest BCUT2D eigenvalue weighted by molar-refractivity contribution is 5.71. The topological polar surface area (TPSA) is 26.3 Å². The Labute approximate surface area is 139 Å². The number of ether oxygens (including phenoxy) is 1. The molecule has 0 heterocycles. The summed E-state index contributed by atoms with van der Waals surface area (Å²) >= 11 is 0. The summed E-state index contributed by atoms with van der Waals surface area (Å²) in [6.45, 7) is 6.51. The molecule has 22 heavy (non-hydrogen) atoms. The second kappa shape index (κ2) is 15.4. The van der Waals surface area contributed by atoms with Crippen LogP contribution in [-0.4, -0.2) is 13.1 Å². The van der Waals surface area contributed by atoms with E-state index >= 15 is 0 Å². The third-order valence-corrected chi connectivity index (χ3v) is 4.66. The van der Waals surface area contributed by atoms with Crippen LogP contribution in [0, 0.1) is 11.8 Å².